The van der Waals surface area contributed by atoms with E-state index in [1.54, 1.807) is 11.3 Å². The van der Waals surface area contributed by atoms with Crippen LogP contribution in [0, 0.1) is 0 Å². The number of anilines is 1. The van der Waals surface area contributed by atoms with Crippen LogP contribution in [-0.4, -0.2) is 16.4 Å². The van der Waals surface area contributed by atoms with E-state index in [4.69, 9.17) is 16.2 Å². The number of aliphatic imine (C=N–C) groups is 1. The van der Waals surface area contributed by atoms with E-state index in [2.05, 4.69) is 10.3 Å². The summed E-state index contributed by atoms with van der Waals surface area (Å²) in [6, 6.07) is 19.2. The molecular formula is C23H23N5O2S. The van der Waals surface area contributed by atoms with Gasteiger partial charge in [0.25, 0.3) is 5.91 Å². The van der Waals surface area contributed by atoms with Crippen molar-refractivity contribution >= 4 is 39.1 Å². The highest BCUT2D eigenvalue weighted by atomic mass is 32.1. The molecule has 158 valence electrons. The fourth-order valence-corrected chi connectivity index (χ4v) is 4.09. The molecule has 0 saturated heterocycles. The van der Waals surface area contributed by atoms with Gasteiger partial charge in [0, 0.05) is 12.7 Å². The Labute approximate surface area is 184 Å². The number of benzene rings is 2. The van der Waals surface area contributed by atoms with Crippen LogP contribution >= 0.6 is 11.3 Å². The summed E-state index contributed by atoms with van der Waals surface area (Å²) in [4.78, 5) is 16.7. The van der Waals surface area contributed by atoms with Crippen LogP contribution in [0.15, 0.2) is 71.0 Å². The van der Waals surface area contributed by atoms with Gasteiger partial charge < -0.3 is 26.1 Å². The second-order valence-electron chi connectivity index (χ2n) is 7.09. The molecule has 0 bridgehead atoms. The van der Waals surface area contributed by atoms with E-state index in [9.17, 15) is 4.79 Å². The molecule has 0 aliphatic rings. The molecule has 4 aromatic rings. The Bertz CT molecular complexity index is 1240. The number of guanidine groups is 1. The van der Waals surface area contributed by atoms with Crippen LogP contribution in [0.4, 0.5) is 5.69 Å². The molecule has 5 N–H and O–H groups in total. The normalized spacial score (nSPS) is 10.7. The van der Waals surface area contributed by atoms with E-state index in [0.29, 0.717) is 18.8 Å². The number of carbonyl (C=O) groups is 1. The van der Waals surface area contributed by atoms with Crippen LogP contribution < -0.4 is 21.5 Å². The summed E-state index contributed by atoms with van der Waals surface area (Å²) in [7, 11) is 1.90. The van der Waals surface area contributed by atoms with Gasteiger partial charge in [-0.15, -0.1) is 11.3 Å². The molecule has 2 aromatic carbocycles. The number of hydrogen-bond donors (Lipinski definition) is 3. The van der Waals surface area contributed by atoms with Crippen molar-refractivity contribution in [3.63, 3.8) is 0 Å². The SMILES string of the molecule is Cn1c(C(=O)Nc2cccc(COc3ccc(CN=C(N)N)cc3)c2)cc2sccc21. The number of thiophene rings is 1. The minimum atomic E-state index is -0.139. The molecule has 0 aliphatic carbocycles. The molecule has 0 atom stereocenters. The Balaban J connectivity index is 1.38. The number of aryl methyl sites for hydroxylation is 1. The second-order valence-corrected chi connectivity index (χ2v) is 8.03. The molecule has 4 rings (SSSR count). The van der Waals surface area contributed by atoms with E-state index >= 15 is 0 Å². The maximum Gasteiger partial charge on any atom is 0.272 e. The maximum atomic E-state index is 12.7. The minimum absolute atomic E-state index is 0.0688. The lowest BCUT2D eigenvalue weighted by atomic mass is 10.2. The van der Waals surface area contributed by atoms with Gasteiger partial charge in [-0.3, -0.25) is 4.79 Å². The topological polar surface area (TPSA) is 108 Å². The highest BCUT2D eigenvalue weighted by Crippen LogP contribution is 2.25. The van der Waals surface area contributed by atoms with Gasteiger partial charge in [-0.25, -0.2) is 4.99 Å². The van der Waals surface area contributed by atoms with E-state index in [-0.39, 0.29) is 11.9 Å². The summed E-state index contributed by atoms with van der Waals surface area (Å²) in [5, 5.41) is 5.00. The van der Waals surface area contributed by atoms with Crippen molar-refractivity contribution in [3.8, 4) is 5.75 Å². The third kappa shape index (κ3) is 4.87. The third-order valence-corrected chi connectivity index (χ3v) is 5.71. The number of fused-ring (bicyclic) bond motifs is 1. The fourth-order valence-electron chi connectivity index (χ4n) is 3.24. The molecule has 0 saturated carbocycles. The van der Waals surface area contributed by atoms with Crippen LogP contribution in [-0.2, 0) is 20.2 Å². The summed E-state index contributed by atoms with van der Waals surface area (Å²) >= 11 is 1.62. The number of nitrogens with zero attached hydrogens (tertiary/aromatic N) is 2. The molecule has 2 heterocycles. The van der Waals surface area contributed by atoms with E-state index in [1.807, 2.05) is 77.7 Å². The highest BCUT2D eigenvalue weighted by molar-refractivity contribution is 7.17. The van der Waals surface area contributed by atoms with Crippen molar-refractivity contribution in [2.45, 2.75) is 13.2 Å². The second kappa shape index (κ2) is 8.93. The van der Waals surface area contributed by atoms with Crippen LogP contribution in [0.1, 0.15) is 21.6 Å². The molecule has 7 nitrogen and oxygen atoms in total. The van der Waals surface area contributed by atoms with Crippen LogP contribution in [0.5, 0.6) is 5.75 Å². The van der Waals surface area contributed by atoms with E-state index in [0.717, 1.165) is 32.8 Å². The zero-order chi connectivity index (χ0) is 21.8. The lowest BCUT2D eigenvalue weighted by Crippen LogP contribution is -2.22. The van der Waals surface area contributed by atoms with Crippen LogP contribution in [0.25, 0.3) is 10.2 Å². The van der Waals surface area contributed by atoms with Gasteiger partial charge in [0.15, 0.2) is 5.96 Å². The minimum Gasteiger partial charge on any atom is -0.489 e. The number of hydrogen-bond acceptors (Lipinski definition) is 4. The first-order chi connectivity index (χ1) is 15.0. The molecular weight excluding hydrogens is 410 g/mol. The number of aromatic nitrogens is 1. The first-order valence-corrected chi connectivity index (χ1v) is 10.6. The molecule has 2 aromatic heterocycles. The summed E-state index contributed by atoms with van der Waals surface area (Å²) < 4.78 is 8.87. The van der Waals surface area contributed by atoms with Crippen LogP contribution in [0.2, 0.25) is 0 Å². The quantitative estimate of drug-likeness (QED) is 0.304. The van der Waals surface area contributed by atoms with Gasteiger partial charge in [-0.05, 0) is 52.9 Å². The lowest BCUT2D eigenvalue weighted by Gasteiger charge is -2.10. The third-order valence-electron chi connectivity index (χ3n) is 4.85. The molecule has 0 radical (unpaired) electrons. The largest absolute Gasteiger partial charge is 0.489 e. The average Bonchev–Trinajstić information content (AvgIpc) is 3.35. The molecule has 31 heavy (non-hydrogen) atoms. The predicted molar refractivity (Wildman–Crippen MR) is 125 cm³/mol. The molecule has 0 fully saturated rings. The van der Waals surface area contributed by atoms with Crippen molar-refractivity contribution < 1.29 is 9.53 Å². The van der Waals surface area contributed by atoms with Gasteiger partial charge in [-0.1, -0.05) is 24.3 Å². The highest BCUT2D eigenvalue weighted by Gasteiger charge is 2.14. The fraction of sp³-hybridized carbons (Fsp3) is 0.130. The Hall–Kier alpha value is -3.78. The number of rotatable bonds is 7. The Kier molecular flexibility index (Phi) is 5.90. The summed E-state index contributed by atoms with van der Waals surface area (Å²) in [5.74, 6) is 0.673. The number of nitrogens with two attached hydrogens (primary N) is 2. The van der Waals surface area contributed by atoms with Crippen LogP contribution in [0.3, 0.4) is 0 Å². The van der Waals surface area contributed by atoms with Gasteiger partial charge in [0.2, 0.25) is 0 Å². The lowest BCUT2D eigenvalue weighted by molar-refractivity contribution is 0.101. The van der Waals surface area contributed by atoms with Crippen molar-refractivity contribution in [1.29, 1.82) is 0 Å². The average molecular weight is 434 g/mol. The molecule has 0 aliphatic heterocycles. The molecule has 8 heteroatoms. The molecule has 0 unspecified atom stereocenters. The van der Waals surface area contributed by atoms with Gasteiger partial charge in [0.1, 0.15) is 18.1 Å². The van der Waals surface area contributed by atoms with Gasteiger partial charge >= 0.3 is 0 Å². The predicted octanol–water partition coefficient (Wildman–Crippen LogP) is 3.84. The Morgan fingerprint density at radius 1 is 1.10 bits per heavy atom. The van der Waals surface area contributed by atoms with Gasteiger partial charge in [-0.2, -0.15) is 0 Å². The van der Waals surface area contributed by atoms with Crippen molar-refractivity contribution in [1.82, 2.24) is 4.57 Å². The van der Waals surface area contributed by atoms with E-state index < -0.39 is 0 Å². The zero-order valence-electron chi connectivity index (χ0n) is 17.0. The summed E-state index contributed by atoms with van der Waals surface area (Å²) in [5.41, 5.74) is 15.1. The Morgan fingerprint density at radius 2 is 1.90 bits per heavy atom. The zero-order valence-corrected chi connectivity index (χ0v) is 17.9. The van der Waals surface area contributed by atoms with Crippen molar-refractivity contribution in [2.24, 2.45) is 23.5 Å². The monoisotopic (exact) mass is 433 g/mol. The first kappa shape index (κ1) is 20.5. The summed E-state index contributed by atoms with van der Waals surface area (Å²) in [6.07, 6.45) is 0. The molecule has 0 spiro atoms. The standard InChI is InChI=1S/C23H23N5O2S/c1-28-19-9-10-31-21(19)12-20(28)22(29)27-17-4-2-3-16(11-17)14-30-18-7-5-15(6-8-18)13-26-23(24)25/h2-12H,13-14H2,1H3,(H,27,29)(H4,24,25,26). The maximum absolute atomic E-state index is 12.7. The number of ether oxygens (including phenoxy) is 1. The number of nitrogens with one attached hydrogen (secondary N) is 1. The molecule has 1 amide bonds. The van der Waals surface area contributed by atoms with Crippen molar-refractivity contribution in [3.05, 3.63) is 82.9 Å². The van der Waals surface area contributed by atoms with E-state index in [1.165, 1.54) is 0 Å². The van der Waals surface area contributed by atoms with Gasteiger partial charge in [0.05, 0.1) is 16.8 Å². The first-order valence-electron chi connectivity index (χ1n) is 9.70. The summed E-state index contributed by atoms with van der Waals surface area (Å²) in [6.45, 7) is 0.820. The van der Waals surface area contributed by atoms with Crippen molar-refractivity contribution in [2.75, 3.05) is 5.32 Å². The smallest absolute Gasteiger partial charge is 0.272 e. The number of amides is 1. The number of carbonyl (C=O) groups excluding carboxylic acids is 1. The Morgan fingerprint density at radius 3 is 2.65 bits per heavy atom.